The number of benzene rings is 1. The van der Waals surface area contributed by atoms with Crippen molar-refractivity contribution >= 4 is 11.7 Å². The van der Waals surface area contributed by atoms with Crippen molar-refractivity contribution in [1.82, 2.24) is 29.6 Å². The molecule has 136 valence electrons. The summed E-state index contributed by atoms with van der Waals surface area (Å²) in [4.78, 5) is 16.6. The molecule has 8 heteroatoms. The zero-order chi connectivity index (χ0) is 18.6. The van der Waals surface area contributed by atoms with Crippen molar-refractivity contribution in [3.05, 3.63) is 55.6 Å². The fourth-order valence-electron chi connectivity index (χ4n) is 2.55. The smallest absolute Gasteiger partial charge is 0.319 e. The minimum Gasteiger partial charge on any atom is -0.335 e. The molecule has 1 aromatic carbocycles. The summed E-state index contributed by atoms with van der Waals surface area (Å²) < 4.78 is 3.74. The van der Waals surface area contributed by atoms with Gasteiger partial charge in [0.05, 0.1) is 18.1 Å². The first-order chi connectivity index (χ1) is 12.4. The largest absolute Gasteiger partial charge is 0.335 e. The molecule has 0 aliphatic rings. The Hall–Kier alpha value is -3.16. The Morgan fingerprint density at radius 3 is 2.62 bits per heavy atom. The number of nitrogens with one attached hydrogen (secondary N) is 2. The molecule has 0 saturated heterocycles. The normalized spacial score (nSPS) is 12.6. The minimum absolute atomic E-state index is 0.0577. The third-order valence-corrected chi connectivity index (χ3v) is 4.12. The highest BCUT2D eigenvalue weighted by molar-refractivity contribution is 5.89. The van der Waals surface area contributed by atoms with Gasteiger partial charge in [0.2, 0.25) is 0 Å². The van der Waals surface area contributed by atoms with Crippen molar-refractivity contribution in [2.24, 2.45) is 5.41 Å². The van der Waals surface area contributed by atoms with Crippen LogP contribution in [0.3, 0.4) is 0 Å². The highest BCUT2D eigenvalue weighted by Gasteiger charge is 2.26. The maximum Gasteiger partial charge on any atom is 0.319 e. The molecule has 0 fully saturated rings. The number of rotatable bonds is 5. The van der Waals surface area contributed by atoms with E-state index >= 15 is 0 Å². The summed E-state index contributed by atoms with van der Waals surface area (Å²) in [5.41, 5.74) is 1.47. The molecular weight excluding hydrogens is 330 g/mol. The van der Waals surface area contributed by atoms with Gasteiger partial charge in [0.15, 0.2) is 0 Å². The molecule has 2 amide bonds. The lowest BCUT2D eigenvalue weighted by Gasteiger charge is -2.31. The van der Waals surface area contributed by atoms with Gasteiger partial charge in [0, 0.05) is 24.6 Å². The van der Waals surface area contributed by atoms with Gasteiger partial charge < -0.3 is 15.2 Å². The van der Waals surface area contributed by atoms with Crippen molar-refractivity contribution in [3.8, 4) is 5.69 Å². The molecule has 1 unspecified atom stereocenters. The number of imidazole rings is 1. The van der Waals surface area contributed by atoms with E-state index in [1.165, 1.54) is 0 Å². The van der Waals surface area contributed by atoms with Crippen LogP contribution in [0.25, 0.3) is 5.69 Å². The molecular formula is C18H23N7O. The molecule has 2 N–H and O–H groups in total. The Labute approximate surface area is 152 Å². The summed E-state index contributed by atoms with van der Waals surface area (Å²) in [5.74, 6) is 0. The van der Waals surface area contributed by atoms with Crippen LogP contribution in [0.5, 0.6) is 0 Å². The molecule has 0 spiro atoms. The molecule has 0 bridgehead atoms. The van der Waals surface area contributed by atoms with Crippen LogP contribution in [0, 0.1) is 5.41 Å². The van der Waals surface area contributed by atoms with E-state index in [-0.39, 0.29) is 17.5 Å². The van der Waals surface area contributed by atoms with Crippen molar-refractivity contribution in [2.45, 2.75) is 33.4 Å². The van der Waals surface area contributed by atoms with Crippen LogP contribution < -0.4 is 10.6 Å². The fourth-order valence-corrected chi connectivity index (χ4v) is 2.55. The zero-order valence-corrected chi connectivity index (χ0v) is 15.1. The monoisotopic (exact) mass is 353 g/mol. The minimum atomic E-state index is -0.244. The summed E-state index contributed by atoms with van der Waals surface area (Å²) in [5, 5.41) is 13.6. The van der Waals surface area contributed by atoms with Crippen LogP contribution in [0.15, 0.2) is 55.6 Å². The van der Waals surface area contributed by atoms with Crippen molar-refractivity contribution in [2.75, 3.05) is 5.32 Å². The summed E-state index contributed by atoms with van der Waals surface area (Å²) in [6.07, 6.45) is 8.60. The maximum absolute atomic E-state index is 12.5. The number of amides is 2. The van der Waals surface area contributed by atoms with Gasteiger partial charge in [-0.05, 0) is 23.6 Å². The third kappa shape index (κ3) is 4.47. The molecule has 3 rings (SSSR count). The summed E-state index contributed by atoms with van der Waals surface area (Å²) >= 11 is 0. The molecule has 2 aromatic heterocycles. The summed E-state index contributed by atoms with van der Waals surface area (Å²) in [7, 11) is 0. The molecule has 2 heterocycles. The Morgan fingerprint density at radius 2 is 1.96 bits per heavy atom. The van der Waals surface area contributed by atoms with Gasteiger partial charge in [-0.1, -0.05) is 26.8 Å². The number of nitrogens with zero attached hydrogens (tertiary/aromatic N) is 5. The van der Waals surface area contributed by atoms with Crippen LogP contribution in [0.1, 0.15) is 20.8 Å². The third-order valence-electron chi connectivity index (χ3n) is 4.12. The number of anilines is 1. The molecule has 3 aromatic rings. The van der Waals surface area contributed by atoms with Gasteiger partial charge in [-0.3, -0.25) is 4.57 Å². The van der Waals surface area contributed by atoms with Gasteiger partial charge in [-0.25, -0.2) is 9.78 Å². The van der Waals surface area contributed by atoms with Gasteiger partial charge in [-0.2, -0.15) is 0 Å². The second-order valence-corrected chi connectivity index (χ2v) is 7.20. The summed E-state index contributed by atoms with van der Waals surface area (Å²) in [6.45, 7) is 6.95. The molecule has 8 nitrogen and oxygen atoms in total. The average molecular weight is 353 g/mol. The van der Waals surface area contributed by atoms with Crippen molar-refractivity contribution < 1.29 is 4.79 Å². The van der Waals surface area contributed by atoms with Crippen molar-refractivity contribution in [1.29, 1.82) is 0 Å². The first-order valence-electron chi connectivity index (χ1n) is 8.40. The Balaban J connectivity index is 1.67. The van der Waals surface area contributed by atoms with Crippen LogP contribution in [-0.4, -0.2) is 36.4 Å². The second kappa shape index (κ2) is 7.38. The highest BCUT2D eigenvalue weighted by atomic mass is 16.2. The Kier molecular flexibility index (Phi) is 5.01. The maximum atomic E-state index is 12.5. The topological polar surface area (TPSA) is 89.7 Å². The van der Waals surface area contributed by atoms with Gasteiger partial charge in [-0.15, -0.1) is 10.2 Å². The quantitative estimate of drug-likeness (QED) is 0.738. The lowest BCUT2D eigenvalue weighted by molar-refractivity contribution is 0.219. The predicted molar refractivity (Wildman–Crippen MR) is 99.0 cm³/mol. The van der Waals surface area contributed by atoms with E-state index in [9.17, 15) is 4.79 Å². The van der Waals surface area contributed by atoms with Gasteiger partial charge >= 0.3 is 6.03 Å². The Bertz CT molecular complexity index is 835. The molecule has 0 saturated carbocycles. The number of aromatic nitrogens is 5. The predicted octanol–water partition coefficient (Wildman–Crippen LogP) is 2.70. The highest BCUT2D eigenvalue weighted by Crippen LogP contribution is 2.21. The molecule has 26 heavy (non-hydrogen) atoms. The molecule has 0 aliphatic heterocycles. The number of carbonyl (C=O) groups is 1. The zero-order valence-electron chi connectivity index (χ0n) is 15.1. The van der Waals surface area contributed by atoms with E-state index in [4.69, 9.17) is 0 Å². The van der Waals surface area contributed by atoms with Crippen LogP contribution in [-0.2, 0) is 6.54 Å². The van der Waals surface area contributed by atoms with Crippen LogP contribution in [0.4, 0.5) is 10.5 Å². The fraction of sp³-hybridized carbons (Fsp3) is 0.333. The van der Waals surface area contributed by atoms with E-state index in [1.54, 1.807) is 29.7 Å². The number of hydrogen-bond donors (Lipinski definition) is 2. The van der Waals surface area contributed by atoms with E-state index in [0.717, 1.165) is 5.69 Å². The SMILES string of the molecule is CC(C)(C)C(Cn1ccnc1)NC(=O)Nc1cccc(-n2cnnc2)c1. The Morgan fingerprint density at radius 1 is 1.19 bits per heavy atom. The van der Waals surface area contributed by atoms with E-state index in [1.807, 2.05) is 35.0 Å². The second-order valence-electron chi connectivity index (χ2n) is 7.20. The van der Waals surface area contributed by atoms with E-state index in [0.29, 0.717) is 12.2 Å². The first-order valence-corrected chi connectivity index (χ1v) is 8.40. The lowest BCUT2D eigenvalue weighted by Crippen LogP contribution is -2.47. The lowest BCUT2D eigenvalue weighted by atomic mass is 9.86. The van der Waals surface area contributed by atoms with Crippen LogP contribution in [0.2, 0.25) is 0 Å². The average Bonchev–Trinajstić information content (AvgIpc) is 3.27. The molecule has 0 aliphatic carbocycles. The molecule has 1 atom stereocenters. The number of urea groups is 1. The standard InChI is InChI=1S/C18H23N7O/c1-18(2,3)16(10-24-8-7-19-11-24)23-17(26)22-14-5-4-6-15(9-14)25-12-20-21-13-25/h4-9,11-13,16H,10H2,1-3H3,(H2,22,23,26). The van der Waals surface area contributed by atoms with Crippen molar-refractivity contribution in [3.63, 3.8) is 0 Å². The number of hydrogen-bond acceptors (Lipinski definition) is 4. The first kappa shape index (κ1) is 17.7. The van der Waals surface area contributed by atoms with Gasteiger partial charge in [0.25, 0.3) is 0 Å². The van der Waals surface area contributed by atoms with E-state index < -0.39 is 0 Å². The van der Waals surface area contributed by atoms with Crippen LogP contribution >= 0.6 is 0 Å². The van der Waals surface area contributed by atoms with Gasteiger partial charge in [0.1, 0.15) is 12.7 Å². The molecule has 0 radical (unpaired) electrons. The summed E-state index contributed by atoms with van der Waals surface area (Å²) in [6, 6.07) is 7.20. The van der Waals surface area contributed by atoms with E-state index in [2.05, 4.69) is 46.6 Å². The number of carbonyl (C=O) groups excluding carboxylic acids is 1.